The van der Waals surface area contributed by atoms with Gasteiger partial charge in [-0.1, -0.05) is 6.07 Å². The lowest BCUT2D eigenvalue weighted by Crippen LogP contribution is -2.78. The van der Waals surface area contributed by atoms with Crippen LogP contribution in [0.2, 0.25) is 0 Å². The maximum Gasteiger partial charge on any atom is 0.338 e. The van der Waals surface area contributed by atoms with Gasteiger partial charge in [0.2, 0.25) is 17.7 Å². The topological polar surface area (TPSA) is 393 Å². The van der Waals surface area contributed by atoms with Gasteiger partial charge in [0.15, 0.2) is 11.5 Å². The molecule has 1 saturated heterocycles. The third-order valence-corrected chi connectivity index (χ3v) is 6.98. The number of carbonyl (C=O) groups is 8. The Balaban J connectivity index is 2.02. The molecule has 0 spiro atoms. The Morgan fingerprint density at radius 2 is 1.61 bits per heavy atom. The number of rotatable bonds is 20. The maximum atomic E-state index is 12.6. The van der Waals surface area contributed by atoms with Gasteiger partial charge >= 0.3 is 5.96 Å². The van der Waals surface area contributed by atoms with Crippen LogP contribution in [0.25, 0.3) is 6.08 Å². The third kappa shape index (κ3) is 13.2. The van der Waals surface area contributed by atoms with Crippen molar-refractivity contribution in [3.63, 3.8) is 0 Å². The monoisotopic (exact) mass is 720 g/mol. The number of aliphatic carboxylic acids is 4. The molecular weight excluding hydrogens is 686 g/mol. The van der Waals surface area contributed by atoms with E-state index >= 15 is 0 Å². The van der Waals surface area contributed by atoms with E-state index in [2.05, 4.69) is 15.6 Å². The second kappa shape index (κ2) is 18.4. The van der Waals surface area contributed by atoms with E-state index in [1.807, 2.05) is 5.32 Å². The van der Waals surface area contributed by atoms with Gasteiger partial charge in [0.05, 0.1) is 56.0 Å². The van der Waals surface area contributed by atoms with E-state index in [4.69, 9.17) is 16.2 Å². The largest absolute Gasteiger partial charge is 0.550 e. The first-order valence-corrected chi connectivity index (χ1v) is 14.9. The van der Waals surface area contributed by atoms with Gasteiger partial charge in [-0.05, 0) is 36.6 Å². The number of ether oxygens (including phenoxy) is 1. The summed E-state index contributed by atoms with van der Waals surface area (Å²) in [5, 5.41) is 73.9. The highest BCUT2D eigenvalue weighted by molar-refractivity contribution is 6.07. The van der Waals surface area contributed by atoms with Crippen LogP contribution in [0.1, 0.15) is 44.1 Å². The van der Waals surface area contributed by atoms with E-state index < -0.39 is 109 Å². The van der Waals surface area contributed by atoms with Gasteiger partial charge in [-0.25, -0.2) is 0 Å². The van der Waals surface area contributed by atoms with E-state index in [-0.39, 0.29) is 29.4 Å². The summed E-state index contributed by atoms with van der Waals surface area (Å²) < 4.78 is 5.40. The minimum absolute atomic E-state index is 0.0103. The number of aliphatic hydroxyl groups is 1. The molecule has 1 heterocycles. The van der Waals surface area contributed by atoms with Crippen molar-refractivity contribution in [1.82, 2.24) is 21.3 Å². The number of carbonyl (C=O) groups excluding carboxylic acids is 8. The molecule has 22 nitrogen and oxygen atoms in total. The van der Waals surface area contributed by atoms with Crippen molar-refractivity contribution in [2.45, 2.75) is 62.3 Å². The van der Waals surface area contributed by atoms with Crippen LogP contribution in [0.4, 0.5) is 0 Å². The lowest BCUT2D eigenvalue weighted by atomic mass is 9.94. The average Bonchev–Trinajstić information content (AvgIpc) is 3.01. The zero-order valence-electron chi connectivity index (χ0n) is 26.6. The standard InChI is InChI=1S/C29H37N7O15/c30-28(31)32-6-1-2-14-23(42)36-16(24(43)35-14)8-13-3-4-18(37)19(9-13)51-7-5-15(25(44)45)33-20(38)11-29(50,27(48)49)12-21(39)34-17(26(46)47)10-22(40)41/h3-4,8-9,14-15,17,37,50H,1-2,5-7,10-12H2,(H,33,38)(H,34,39)(H,35,43)(H,36,42)(H,40,41)(H,44,45)(H,46,47)(H,48,49)(H4,30,31,32)/p-3/b16-8-/t14-,15-,17-,29-/m0/s1. The van der Waals surface area contributed by atoms with Gasteiger partial charge in [-0.2, -0.15) is 0 Å². The number of aromatic hydroxyl groups is 1. The number of hydrogen-bond donors (Lipinski definition) is 9. The fourth-order valence-corrected chi connectivity index (χ4v) is 4.45. The Hall–Kier alpha value is -6.45. The predicted molar refractivity (Wildman–Crippen MR) is 157 cm³/mol. The molecule has 1 fully saturated rings. The smallest absolute Gasteiger partial charge is 0.338 e. The second-order valence-corrected chi connectivity index (χ2v) is 11.1. The number of carboxylic acid groups (broad SMARTS) is 4. The number of nitrogens with one attached hydrogen (secondary N) is 5. The lowest BCUT2D eigenvalue weighted by molar-refractivity contribution is -0.459. The molecule has 2 rings (SSSR count). The van der Waals surface area contributed by atoms with Crippen molar-refractivity contribution >= 4 is 59.5 Å². The van der Waals surface area contributed by atoms with Crippen molar-refractivity contribution < 1.29 is 78.7 Å². The van der Waals surface area contributed by atoms with Crippen LogP contribution in [0, 0.1) is 0 Å². The molecule has 278 valence electrons. The van der Waals surface area contributed by atoms with Gasteiger partial charge in [0, 0.05) is 18.8 Å². The quantitative estimate of drug-likeness (QED) is 0.0261. The summed E-state index contributed by atoms with van der Waals surface area (Å²) in [6.07, 6.45) is -2.82. The average molecular weight is 721 g/mol. The maximum absolute atomic E-state index is 12.6. The minimum Gasteiger partial charge on any atom is -0.550 e. The van der Waals surface area contributed by atoms with E-state index in [0.29, 0.717) is 13.0 Å². The van der Waals surface area contributed by atoms with Crippen molar-refractivity contribution in [3.8, 4) is 11.5 Å². The van der Waals surface area contributed by atoms with Gasteiger partial charge in [0.25, 0.3) is 5.91 Å². The Labute approximate surface area is 287 Å². The molecule has 1 aliphatic heterocycles. The van der Waals surface area contributed by atoms with Crippen molar-refractivity contribution in [2.24, 2.45) is 11.5 Å². The first-order valence-electron chi connectivity index (χ1n) is 14.9. The molecule has 0 saturated carbocycles. The van der Waals surface area contributed by atoms with Crippen molar-refractivity contribution in [1.29, 1.82) is 0 Å². The van der Waals surface area contributed by atoms with Gasteiger partial charge in [0.1, 0.15) is 17.3 Å². The molecule has 0 radical (unpaired) electrons. The van der Waals surface area contributed by atoms with E-state index in [1.54, 1.807) is 5.32 Å². The summed E-state index contributed by atoms with van der Waals surface area (Å²) in [7, 11) is 0. The number of hydrogen-bond acceptors (Lipinski definition) is 15. The summed E-state index contributed by atoms with van der Waals surface area (Å²) in [6.45, 7) is -0.152. The van der Waals surface area contributed by atoms with Crippen LogP contribution in [-0.4, -0.2) is 101 Å². The highest BCUT2D eigenvalue weighted by Crippen LogP contribution is 2.28. The summed E-state index contributed by atoms with van der Waals surface area (Å²) in [5.41, 5.74) is 7.42. The van der Waals surface area contributed by atoms with Crippen LogP contribution in [0.15, 0.2) is 23.9 Å². The molecule has 4 atom stereocenters. The van der Waals surface area contributed by atoms with Gasteiger partial charge in [-0.15, -0.1) is 0 Å². The molecule has 4 amide bonds. The van der Waals surface area contributed by atoms with E-state index in [9.17, 15) is 69.0 Å². The fraction of sp³-hybridized carbons (Fsp3) is 0.414. The minimum atomic E-state index is -3.31. The molecule has 1 aromatic carbocycles. The van der Waals surface area contributed by atoms with Crippen LogP contribution in [0.3, 0.4) is 0 Å². The normalized spacial score (nSPS) is 17.0. The van der Waals surface area contributed by atoms with Crippen LogP contribution in [-0.2, 0) is 38.4 Å². The highest BCUT2D eigenvalue weighted by atomic mass is 16.5. The van der Waals surface area contributed by atoms with Crippen molar-refractivity contribution in [3.05, 3.63) is 29.5 Å². The number of piperazine rings is 1. The van der Waals surface area contributed by atoms with E-state index in [0.717, 1.165) is 0 Å². The summed E-state index contributed by atoms with van der Waals surface area (Å²) >= 11 is 0. The molecule has 0 aromatic heterocycles. The Kier molecular flexibility index (Phi) is 14.7. The highest BCUT2D eigenvalue weighted by Gasteiger charge is 2.36. The molecule has 51 heavy (non-hydrogen) atoms. The molecule has 11 N–H and O–H groups in total. The molecule has 0 unspecified atom stereocenters. The fourth-order valence-electron chi connectivity index (χ4n) is 4.45. The first-order chi connectivity index (χ1) is 23.8. The number of amides is 4. The van der Waals surface area contributed by atoms with Gasteiger partial charge in [-0.3, -0.25) is 35.6 Å². The molecule has 22 heteroatoms. The van der Waals surface area contributed by atoms with Crippen LogP contribution in [0.5, 0.6) is 11.5 Å². The summed E-state index contributed by atoms with van der Waals surface area (Å²) in [6, 6.07) is -1.11. The zero-order chi connectivity index (χ0) is 38.5. The number of benzene rings is 1. The molecular formula is C29H34N7O15-3. The van der Waals surface area contributed by atoms with Crippen LogP contribution >= 0.6 is 0 Å². The number of phenolic OH excluding ortho intramolecular Hbond substituents is 1. The summed E-state index contributed by atoms with van der Waals surface area (Å²) in [5.74, 6) is -13.0. The molecule has 1 aromatic rings. The summed E-state index contributed by atoms with van der Waals surface area (Å²) in [4.78, 5) is 97.2. The van der Waals surface area contributed by atoms with Crippen molar-refractivity contribution in [2.75, 3.05) is 13.2 Å². The Morgan fingerprint density at radius 1 is 1.00 bits per heavy atom. The molecule has 0 aliphatic carbocycles. The molecule has 0 bridgehead atoms. The molecule has 1 aliphatic rings. The van der Waals surface area contributed by atoms with Gasteiger partial charge < -0.3 is 75.8 Å². The SMILES string of the molecule is NC(N)=[NH+]CCC[C@@H]1NC(=O)/C(=C/c2ccc(O)c(OCC[C@H](NC(=O)C[C@](O)(CC(=O)N[C@@H](CC(=O)[O-])C(=O)[O-])C(=O)[O-])C(=O)[O-])c2)NC1=O. The third-order valence-electron chi connectivity index (χ3n) is 6.98. The second-order valence-electron chi connectivity index (χ2n) is 11.1. The zero-order valence-corrected chi connectivity index (χ0v) is 26.6. The number of carboxylic acids is 4. The number of guanidine groups is 1. The first kappa shape index (κ1) is 40.7. The van der Waals surface area contributed by atoms with E-state index in [1.165, 1.54) is 24.3 Å². The lowest BCUT2D eigenvalue weighted by Gasteiger charge is -2.30. The number of nitrogens with two attached hydrogens (primary N) is 2. The number of phenols is 1. The predicted octanol–water partition coefficient (Wildman–Crippen LogP) is -10.9. The van der Waals surface area contributed by atoms with Crippen LogP contribution < -0.4 is 62.9 Å². The Bertz CT molecular complexity index is 1610. The Morgan fingerprint density at radius 3 is 2.16 bits per heavy atom.